The first-order chi connectivity index (χ1) is 13.7. The predicted octanol–water partition coefficient (Wildman–Crippen LogP) is -0.108. The Hall–Kier alpha value is -3.37. The van der Waals surface area contributed by atoms with E-state index in [9.17, 15) is 19.2 Å². The van der Waals surface area contributed by atoms with Crippen LogP contribution >= 0.6 is 0 Å². The van der Waals surface area contributed by atoms with Crippen LogP contribution in [-0.2, 0) is 39.2 Å². The van der Waals surface area contributed by atoms with Crippen LogP contribution in [0.2, 0.25) is 0 Å². The molecule has 0 amide bonds. The molecular formula is C18H23N5O6. The van der Waals surface area contributed by atoms with Crippen molar-refractivity contribution in [3.8, 4) is 0 Å². The Bertz CT molecular complexity index is 1240. The molecule has 0 radical (unpaired) electrons. The lowest BCUT2D eigenvalue weighted by Gasteiger charge is -2.08. The Balaban J connectivity index is 2.31. The number of aryl methyl sites for hydroxylation is 2. The fourth-order valence-electron chi connectivity index (χ4n) is 3.32. The van der Waals surface area contributed by atoms with E-state index in [2.05, 4.69) is 4.98 Å². The summed E-state index contributed by atoms with van der Waals surface area (Å²) in [5, 5.41) is 0. The van der Waals surface area contributed by atoms with Gasteiger partial charge in [0, 0.05) is 18.4 Å². The van der Waals surface area contributed by atoms with E-state index in [1.807, 2.05) is 0 Å². The zero-order chi connectivity index (χ0) is 21.5. The molecule has 0 aliphatic rings. The van der Waals surface area contributed by atoms with Crippen molar-refractivity contribution < 1.29 is 19.1 Å². The standard InChI is InChI=1S/C18H23N5O6/c1-6-28-12(24)8-21-10(3)11(4)23-14-15(19-17(21)23)20(5)18(27)22(16(14)26)9-13(25)29-7-2/h6-9H2,1-5H3. The van der Waals surface area contributed by atoms with E-state index >= 15 is 0 Å². The fraction of sp³-hybridized carbons (Fsp3) is 0.500. The van der Waals surface area contributed by atoms with Gasteiger partial charge < -0.3 is 14.0 Å². The summed E-state index contributed by atoms with van der Waals surface area (Å²) in [6.45, 7) is 6.75. The molecule has 0 spiro atoms. The molecule has 0 N–H and O–H groups in total. The van der Waals surface area contributed by atoms with Crippen LogP contribution in [0.5, 0.6) is 0 Å². The molecule has 0 atom stereocenters. The minimum absolute atomic E-state index is 0.0781. The number of aromatic nitrogens is 5. The van der Waals surface area contributed by atoms with E-state index < -0.39 is 29.7 Å². The van der Waals surface area contributed by atoms with E-state index in [0.29, 0.717) is 11.5 Å². The minimum atomic E-state index is -0.681. The molecule has 11 nitrogen and oxygen atoms in total. The third-order valence-electron chi connectivity index (χ3n) is 4.81. The van der Waals surface area contributed by atoms with Gasteiger partial charge in [-0.2, -0.15) is 4.98 Å². The van der Waals surface area contributed by atoms with Gasteiger partial charge >= 0.3 is 17.6 Å². The molecule has 0 aromatic carbocycles. The van der Waals surface area contributed by atoms with Gasteiger partial charge in [0.25, 0.3) is 5.56 Å². The summed E-state index contributed by atoms with van der Waals surface area (Å²) in [4.78, 5) is 54.0. The van der Waals surface area contributed by atoms with E-state index in [4.69, 9.17) is 9.47 Å². The Kier molecular flexibility index (Phi) is 5.31. The second-order valence-electron chi connectivity index (χ2n) is 6.52. The van der Waals surface area contributed by atoms with Crippen molar-refractivity contribution in [2.45, 2.75) is 40.8 Å². The maximum absolute atomic E-state index is 13.1. The molecule has 3 heterocycles. The molecule has 0 aliphatic carbocycles. The minimum Gasteiger partial charge on any atom is -0.465 e. The Morgan fingerprint density at radius 2 is 1.48 bits per heavy atom. The normalized spacial score (nSPS) is 11.3. The first kappa shape index (κ1) is 20.4. The predicted molar refractivity (Wildman–Crippen MR) is 103 cm³/mol. The van der Waals surface area contributed by atoms with Crippen LogP contribution in [0, 0.1) is 13.8 Å². The maximum atomic E-state index is 13.1. The zero-order valence-electron chi connectivity index (χ0n) is 17.0. The highest BCUT2D eigenvalue weighted by molar-refractivity contribution is 5.78. The van der Waals surface area contributed by atoms with Gasteiger partial charge in [0.05, 0.1) is 13.2 Å². The number of nitrogens with zero attached hydrogens (tertiary/aromatic N) is 5. The molecule has 0 saturated heterocycles. The van der Waals surface area contributed by atoms with Crippen LogP contribution in [-0.4, -0.2) is 48.2 Å². The number of fused-ring (bicyclic) bond motifs is 3. The number of carbonyl (C=O) groups is 2. The Morgan fingerprint density at radius 3 is 2.03 bits per heavy atom. The monoisotopic (exact) mass is 405 g/mol. The van der Waals surface area contributed by atoms with Crippen LogP contribution in [0.25, 0.3) is 16.9 Å². The molecule has 3 aromatic rings. The molecule has 3 rings (SSSR count). The molecule has 156 valence electrons. The lowest BCUT2D eigenvalue weighted by atomic mass is 10.3. The summed E-state index contributed by atoms with van der Waals surface area (Å²) in [6, 6.07) is 0. The molecule has 0 unspecified atom stereocenters. The van der Waals surface area contributed by atoms with Crippen LogP contribution in [0.1, 0.15) is 25.2 Å². The van der Waals surface area contributed by atoms with Crippen molar-refractivity contribution in [2.75, 3.05) is 13.2 Å². The van der Waals surface area contributed by atoms with Gasteiger partial charge in [-0.3, -0.25) is 23.4 Å². The molecular weight excluding hydrogens is 382 g/mol. The topological polar surface area (TPSA) is 119 Å². The number of carbonyl (C=O) groups excluding carboxylic acids is 2. The summed E-state index contributed by atoms with van der Waals surface area (Å²) in [6.07, 6.45) is 0. The molecule has 29 heavy (non-hydrogen) atoms. The van der Waals surface area contributed by atoms with Crippen molar-refractivity contribution in [1.82, 2.24) is 23.1 Å². The Morgan fingerprint density at radius 1 is 0.931 bits per heavy atom. The highest BCUT2D eigenvalue weighted by Gasteiger charge is 2.24. The van der Waals surface area contributed by atoms with Crippen molar-refractivity contribution >= 4 is 28.9 Å². The third-order valence-corrected chi connectivity index (χ3v) is 4.81. The van der Waals surface area contributed by atoms with Crippen LogP contribution in [0.4, 0.5) is 0 Å². The van der Waals surface area contributed by atoms with Gasteiger partial charge in [0.15, 0.2) is 11.2 Å². The van der Waals surface area contributed by atoms with E-state index in [1.54, 1.807) is 36.7 Å². The number of hydrogen-bond donors (Lipinski definition) is 0. The van der Waals surface area contributed by atoms with Crippen molar-refractivity contribution in [1.29, 1.82) is 0 Å². The molecule has 0 saturated carbocycles. The average Bonchev–Trinajstić information content (AvgIpc) is 3.16. The molecule has 0 aliphatic heterocycles. The quantitative estimate of drug-likeness (QED) is 0.525. The number of hydrogen-bond acceptors (Lipinski definition) is 7. The van der Waals surface area contributed by atoms with E-state index in [-0.39, 0.29) is 30.9 Å². The molecule has 0 fully saturated rings. The summed E-state index contributed by atoms with van der Waals surface area (Å²) in [5.74, 6) is -0.780. The molecule has 3 aromatic heterocycles. The number of imidazole rings is 2. The van der Waals surface area contributed by atoms with Crippen LogP contribution in [0.15, 0.2) is 9.59 Å². The summed E-state index contributed by atoms with van der Waals surface area (Å²) >= 11 is 0. The van der Waals surface area contributed by atoms with Crippen LogP contribution in [0.3, 0.4) is 0 Å². The maximum Gasteiger partial charge on any atom is 0.333 e. The van der Waals surface area contributed by atoms with Crippen molar-refractivity contribution in [2.24, 2.45) is 7.05 Å². The average molecular weight is 405 g/mol. The van der Waals surface area contributed by atoms with Crippen molar-refractivity contribution in [3.05, 3.63) is 32.2 Å². The molecule has 0 bridgehead atoms. The summed E-state index contributed by atoms with van der Waals surface area (Å²) in [7, 11) is 1.47. The van der Waals surface area contributed by atoms with Crippen LogP contribution < -0.4 is 11.2 Å². The summed E-state index contributed by atoms with van der Waals surface area (Å²) in [5.41, 5.74) is 0.394. The van der Waals surface area contributed by atoms with Gasteiger partial charge in [0.2, 0.25) is 5.78 Å². The number of esters is 2. The smallest absolute Gasteiger partial charge is 0.333 e. The number of ether oxygens (including phenoxy) is 2. The fourth-order valence-corrected chi connectivity index (χ4v) is 3.32. The number of rotatable bonds is 6. The summed E-state index contributed by atoms with van der Waals surface area (Å²) < 4.78 is 15.1. The lowest BCUT2D eigenvalue weighted by molar-refractivity contribution is -0.144. The highest BCUT2D eigenvalue weighted by Crippen LogP contribution is 2.20. The van der Waals surface area contributed by atoms with Gasteiger partial charge in [-0.1, -0.05) is 0 Å². The zero-order valence-corrected chi connectivity index (χ0v) is 17.0. The van der Waals surface area contributed by atoms with E-state index in [1.165, 1.54) is 11.6 Å². The van der Waals surface area contributed by atoms with E-state index in [0.717, 1.165) is 10.3 Å². The van der Waals surface area contributed by atoms with Crippen molar-refractivity contribution in [3.63, 3.8) is 0 Å². The largest absolute Gasteiger partial charge is 0.465 e. The van der Waals surface area contributed by atoms with Gasteiger partial charge in [-0.25, -0.2) is 9.36 Å². The van der Waals surface area contributed by atoms with Gasteiger partial charge in [-0.15, -0.1) is 0 Å². The third kappa shape index (κ3) is 3.22. The van der Waals surface area contributed by atoms with Gasteiger partial charge in [0.1, 0.15) is 13.1 Å². The molecule has 11 heteroatoms. The highest BCUT2D eigenvalue weighted by atomic mass is 16.5. The SMILES string of the molecule is CCOC(=O)Cn1c(=O)c2c(nc3n(CC(=O)OCC)c(C)c(C)n23)n(C)c1=O. The second-order valence-corrected chi connectivity index (χ2v) is 6.52. The first-order valence-corrected chi connectivity index (χ1v) is 9.21. The Labute approximate surface area is 165 Å². The lowest BCUT2D eigenvalue weighted by Crippen LogP contribution is -2.41. The second kappa shape index (κ2) is 7.57. The first-order valence-electron chi connectivity index (χ1n) is 9.21. The van der Waals surface area contributed by atoms with Gasteiger partial charge in [-0.05, 0) is 27.7 Å².